The molecule has 0 bridgehead atoms. The van der Waals surface area contributed by atoms with Crippen LogP contribution in [0.2, 0.25) is 5.02 Å². The summed E-state index contributed by atoms with van der Waals surface area (Å²) in [4.78, 5) is 39.1. The van der Waals surface area contributed by atoms with E-state index in [-0.39, 0.29) is 5.02 Å². The summed E-state index contributed by atoms with van der Waals surface area (Å²) in [6.45, 7) is 3.36. The Morgan fingerprint density at radius 2 is 1.57 bits per heavy atom. The van der Waals surface area contributed by atoms with E-state index in [1.54, 1.807) is 12.1 Å². The SMILES string of the molecule is CN(C)CCN(Cc1ccncc1)Cc1ccc(-c2ccc(F)c(Cl)c2)o1.O=C(O)CC(O)(CC(=O)O)C(=O)O. The summed E-state index contributed by atoms with van der Waals surface area (Å²) < 4.78 is 19.4. The van der Waals surface area contributed by atoms with Crippen molar-refractivity contribution in [3.05, 3.63) is 77.0 Å². The molecule has 0 radical (unpaired) electrons. The summed E-state index contributed by atoms with van der Waals surface area (Å²) in [6, 6.07) is 12.5. The number of aliphatic hydroxyl groups is 1. The van der Waals surface area contributed by atoms with Crippen molar-refractivity contribution in [1.29, 1.82) is 0 Å². The number of nitrogens with zero attached hydrogens (tertiary/aromatic N) is 3. The topological polar surface area (TPSA) is 165 Å². The molecule has 0 fully saturated rings. The Morgan fingerprint density at radius 1 is 0.950 bits per heavy atom. The number of likely N-dealkylation sites (N-methyl/N-ethyl adjacent to an activating group) is 1. The van der Waals surface area contributed by atoms with Gasteiger partial charge < -0.3 is 29.7 Å². The van der Waals surface area contributed by atoms with Crippen molar-refractivity contribution in [3.63, 3.8) is 0 Å². The van der Waals surface area contributed by atoms with Crippen LogP contribution in [0.5, 0.6) is 0 Å². The van der Waals surface area contributed by atoms with Crippen LogP contribution >= 0.6 is 11.6 Å². The molecule has 0 aliphatic carbocycles. The number of furan rings is 1. The third kappa shape index (κ3) is 10.7. The smallest absolute Gasteiger partial charge is 0.336 e. The zero-order chi connectivity index (χ0) is 29.9. The van der Waals surface area contributed by atoms with Crippen molar-refractivity contribution in [2.24, 2.45) is 0 Å². The maximum absolute atomic E-state index is 13.4. The molecule has 2 aromatic heterocycles. The standard InChI is InChI=1S/C21H23ClFN3O.C6H8O7/c1-25(2)11-12-26(14-16-7-9-24-10-8-16)15-18-4-6-21(27-18)17-3-5-20(23)19(22)13-17;7-3(8)1-6(13,5(11)12)2-4(9)10/h3-10,13H,11-12,14-15H2,1-2H3;13H,1-2H2,(H,7,8)(H,9,10)(H,11,12). The number of carbonyl (C=O) groups is 3. The first-order valence-electron chi connectivity index (χ1n) is 12.0. The Morgan fingerprint density at radius 3 is 2.10 bits per heavy atom. The van der Waals surface area contributed by atoms with Crippen molar-refractivity contribution in [2.75, 3.05) is 27.2 Å². The molecule has 11 nitrogen and oxygen atoms in total. The molecular weight excluding hydrogens is 549 g/mol. The molecule has 3 rings (SSSR count). The molecular formula is C27H31ClFN3O8. The highest BCUT2D eigenvalue weighted by Crippen LogP contribution is 2.27. The Labute approximate surface area is 235 Å². The van der Waals surface area contributed by atoms with Gasteiger partial charge >= 0.3 is 17.9 Å². The van der Waals surface area contributed by atoms with Crippen molar-refractivity contribution < 1.29 is 43.6 Å². The lowest BCUT2D eigenvalue weighted by Gasteiger charge is -2.23. The molecule has 13 heteroatoms. The summed E-state index contributed by atoms with van der Waals surface area (Å²) >= 11 is 5.88. The van der Waals surface area contributed by atoms with Crippen LogP contribution in [0.4, 0.5) is 4.39 Å². The molecule has 216 valence electrons. The number of carboxylic acids is 3. The molecule has 0 saturated heterocycles. The van der Waals surface area contributed by atoms with Crippen molar-refractivity contribution in [1.82, 2.24) is 14.8 Å². The second kappa shape index (κ2) is 15.1. The van der Waals surface area contributed by atoms with Crippen LogP contribution in [-0.2, 0) is 27.5 Å². The molecule has 1 aromatic carbocycles. The number of aromatic nitrogens is 1. The van der Waals surface area contributed by atoms with Gasteiger partial charge in [-0.3, -0.25) is 19.5 Å². The molecule has 4 N–H and O–H groups in total. The van der Waals surface area contributed by atoms with E-state index in [4.69, 9.17) is 36.4 Å². The lowest BCUT2D eigenvalue weighted by Crippen LogP contribution is -2.42. The molecule has 0 atom stereocenters. The van der Waals surface area contributed by atoms with E-state index >= 15 is 0 Å². The van der Waals surface area contributed by atoms with Gasteiger partial charge in [-0.1, -0.05) is 11.6 Å². The summed E-state index contributed by atoms with van der Waals surface area (Å²) in [5.74, 6) is -3.91. The fourth-order valence-electron chi connectivity index (χ4n) is 3.50. The number of hydrogen-bond donors (Lipinski definition) is 4. The molecule has 0 amide bonds. The first-order chi connectivity index (χ1) is 18.8. The van der Waals surface area contributed by atoms with Gasteiger partial charge in [0.05, 0.1) is 24.4 Å². The third-order valence-electron chi connectivity index (χ3n) is 5.55. The Balaban J connectivity index is 0.000000366. The summed E-state index contributed by atoms with van der Waals surface area (Å²) in [5, 5.41) is 33.9. The van der Waals surface area contributed by atoms with Gasteiger partial charge in [-0.25, -0.2) is 9.18 Å². The van der Waals surface area contributed by atoms with E-state index in [1.165, 1.54) is 11.6 Å². The number of aliphatic carboxylic acids is 3. The van der Waals surface area contributed by atoms with Gasteiger partial charge in [-0.05, 0) is 62.1 Å². The lowest BCUT2D eigenvalue weighted by molar-refractivity contribution is -0.170. The maximum Gasteiger partial charge on any atom is 0.336 e. The van der Waals surface area contributed by atoms with Crippen LogP contribution in [-0.4, -0.2) is 85.9 Å². The van der Waals surface area contributed by atoms with Gasteiger partial charge in [0.1, 0.15) is 17.3 Å². The second-order valence-corrected chi connectivity index (χ2v) is 9.65. The number of carboxylic acid groups (broad SMARTS) is 3. The molecule has 0 aliphatic heterocycles. The van der Waals surface area contributed by atoms with Crippen LogP contribution in [0.25, 0.3) is 11.3 Å². The Hall–Kier alpha value is -3.84. The number of halogens is 2. The summed E-state index contributed by atoms with van der Waals surface area (Å²) in [7, 11) is 4.13. The molecule has 3 aromatic rings. The molecule has 0 spiro atoms. The van der Waals surface area contributed by atoms with Gasteiger partial charge in [0, 0.05) is 37.6 Å². The predicted molar refractivity (Wildman–Crippen MR) is 143 cm³/mol. The fraction of sp³-hybridized carbons (Fsp3) is 0.333. The fourth-order valence-corrected chi connectivity index (χ4v) is 3.68. The van der Waals surface area contributed by atoms with E-state index in [1.807, 2.05) is 36.7 Å². The zero-order valence-corrected chi connectivity index (χ0v) is 22.7. The molecule has 40 heavy (non-hydrogen) atoms. The van der Waals surface area contributed by atoms with Gasteiger partial charge in [-0.15, -0.1) is 0 Å². The predicted octanol–water partition coefficient (Wildman–Crippen LogP) is 3.45. The van der Waals surface area contributed by atoms with Crippen LogP contribution in [0, 0.1) is 5.82 Å². The minimum absolute atomic E-state index is 0.0933. The van der Waals surface area contributed by atoms with Crippen LogP contribution in [0.3, 0.4) is 0 Å². The van der Waals surface area contributed by atoms with E-state index in [0.717, 1.165) is 31.0 Å². The average molecular weight is 580 g/mol. The number of pyridine rings is 1. The van der Waals surface area contributed by atoms with E-state index in [2.05, 4.69) is 28.9 Å². The second-order valence-electron chi connectivity index (χ2n) is 9.24. The maximum atomic E-state index is 13.4. The first kappa shape index (κ1) is 32.4. The van der Waals surface area contributed by atoms with Crippen molar-refractivity contribution >= 4 is 29.5 Å². The van der Waals surface area contributed by atoms with Crippen LogP contribution in [0.15, 0.2) is 59.3 Å². The van der Waals surface area contributed by atoms with Gasteiger partial charge in [0.15, 0.2) is 5.60 Å². The zero-order valence-electron chi connectivity index (χ0n) is 22.0. The minimum atomic E-state index is -2.74. The monoisotopic (exact) mass is 579 g/mol. The Bertz CT molecular complexity index is 1270. The first-order valence-corrected chi connectivity index (χ1v) is 12.4. The normalized spacial score (nSPS) is 11.3. The summed E-state index contributed by atoms with van der Waals surface area (Å²) in [6.07, 6.45) is 1.33. The number of benzene rings is 1. The van der Waals surface area contributed by atoms with Crippen molar-refractivity contribution in [3.8, 4) is 11.3 Å². The van der Waals surface area contributed by atoms with Crippen LogP contribution in [0.1, 0.15) is 24.2 Å². The molecule has 2 heterocycles. The summed E-state index contributed by atoms with van der Waals surface area (Å²) in [5.41, 5.74) is -0.764. The molecule has 0 unspecified atom stereocenters. The van der Waals surface area contributed by atoms with Gasteiger partial charge in [0.25, 0.3) is 0 Å². The van der Waals surface area contributed by atoms with E-state index in [0.29, 0.717) is 12.3 Å². The molecule has 0 aliphatic rings. The highest BCUT2D eigenvalue weighted by atomic mass is 35.5. The Kier molecular flexibility index (Phi) is 12.2. The van der Waals surface area contributed by atoms with Crippen LogP contribution < -0.4 is 0 Å². The molecule has 0 saturated carbocycles. The third-order valence-corrected chi connectivity index (χ3v) is 5.84. The number of rotatable bonds is 13. The average Bonchev–Trinajstić information content (AvgIpc) is 3.32. The largest absolute Gasteiger partial charge is 0.481 e. The van der Waals surface area contributed by atoms with Gasteiger partial charge in [-0.2, -0.15) is 0 Å². The lowest BCUT2D eigenvalue weighted by atomic mass is 9.96. The highest BCUT2D eigenvalue weighted by molar-refractivity contribution is 6.31. The number of hydrogen-bond acceptors (Lipinski definition) is 8. The van der Waals surface area contributed by atoms with E-state index in [9.17, 15) is 18.8 Å². The minimum Gasteiger partial charge on any atom is -0.481 e. The quantitative estimate of drug-likeness (QED) is 0.234. The highest BCUT2D eigenvalue weighted by Gasteiger charge is 2.40. The van der Waals surface area contributed by atoms with Crippen molar-refractivity contribution in [2.45, 2.75) is 31.5 Å². The van der Waals surface area contributed by atoms with E-state index < -0.39 is 42.2 Å². The van der Waals surface area contributed by atoms with Gasteiger partial charge in [0.2, 0.25) is 0 Å².